The summed E-state index contributed by atoms with van der Waals surface area (Å²) in [5.74, 6) is 1.60. The summed E-state index contributed by atoms with van der Waals surface area (Å²) in [4.78, 5) is 8.54. The van der Waals surface area contributed by atoms with Gasteiger partial charge in [0, 0.05) is 26.3 Å². The fourth-order valence-electron chi connectivity index (χ4n) is 2.64. The van der Waals surface area contributed by atoms with Crippen LogP contribution in [-0.2, 0) is 19.7 Å². The van der Waals surface area contributed by atoms with Crippen LogP contribution in [0.2, 0.25) is 0 Å². The standard InChI is InChI=1S/C23H26N4O/c1-18-6-8-19(9-7-18)15-26-23(24-2)27-16-20-10-12-22(13-11-20)28-17-21-5-3-4-14-25-21/h3-14H,15-17H2,1-2H3,(H2,24,26,27). The summed E-state index contributed by atoms with van der Waals surface area (Å²) >= 11 is 0. The van der Waals surface area contributed by atoms with E-state index in [9.17, 15) is 0 Å². The molecule has 0 atom stereocenters. The Hall–Kier alpha value is -3.34. The number of nitrogens with zero attached hydrogens (tertiary/aromatic N) is 2. The summed E-state index contributed by atoms with van der Waals surface area (Å²) in [6.45, 7) is 3.98. The molecule has 1 heterocycles. The first kappa shape index (κ1) is 19.4. The molecule has 3 aromatic rings. The average Bonchev–Trinajstić information content (AvgIpc) is 2.75. The molecule has 0 bridgehead atoms. The fourth-order valence-corrected chi connectivity index (χ4v) is 2.64. The predicted octanol–water partition coefficient (Wildman–Crippen LogP) is 3.83. The van der Waals surface area contributed by atoms with Gasteiger partial charge >= 0.3 is 0 Å². The summed E-state index contributed by atoms with van der Waals surface area (Å²) in [6, 6.07) is 22.3. The molecule has 0 saturated heterocycles. The van der Waals surface area contributed by atoms with Crippen LogP contribution < -0.4 is 15.4 Å². The molecule has 0 radical (unpaired) electrons. The number of hydrogen-bond acceptors (Lipinski definition) is 3. The third-order valence-corrected chi connectivity index (χ3v) is 4.30. The third kappa shape index (κ3) is 6.13. The van der Waals surface area contributed by atoms with Crippen LogP contribution in [-0.4, -0.2) is 18.0 Å². The van der Waals surface area contributed by atoms with Gasteiger partial charge in [-0.2, -0.15) is 0 Å². The molecule has 0 aliphatic rings. The summed E-state index contributed by atoms with van der Waals surface area (Å²) in [5, 5.41) is 6.67. The van der Waals surface area contributed by atoms with Gasteiger partial charge in [-0.05, 0) is 42.3 Å². The fraction of sp³-hybridized carbons (Fsp3) is 0.217. The van der Waals surface area contributed by atoms with E-state index in [4.69, 9.17) is 4.74 Å². The van der Waals surface area contributed by atoms with Crippen LogP contribution in [0.5, 0.6) is 5.75 Å². The van der Waals surface area contributed by atoms with Crippen molar-refractivity contribution in [3.05, 3.63) is 95.3 Å². The lowest BCUT2D eigenvalue weighted by atomic mass is 10.1. The third-order valence-electron chi connectivity index (χ3n) is 4.30. The highest BCUT2D eigenvalue weighted by atomic mass is 16.5. The zero-order chi connectivity index (χ0) is 19.6. The lowest BCUT2D eigenvalue weighted by Crippen LogP contribution is -2.36. The molecule has 144 valence electrons. The molecule has 2 aromatic carbocycles. The number of guanidine groups is 1. The van der Waals surface area contributed by atoms with E-state index in [2.05, 4.69) is 51.8 Å². The number of nitrogens with one attached hydrogen (secondary N) is 2. The van der Waals surface area contributed by atoms with Crippen molar-refractivity contribution >= 4 is 5.96 Å². The lowest BCUT2D eigenvalue weighted by molar-refractivity contribution is 0.301. The Morgan fingerprint density at radius 1 is 0.893 bits per heavy atom. The number of aliphatic imine (C=N–C) groups is 1. The number of aryl methyl sites for hydroxylation is 1. The first-order valence-corrected chi connectivity index (χ1v) is 9.34. The molecule has 28 heavy (non-hydrogen) atoms. The van der Waals surface area contributed by atoms with Gasteiger partial charge in [0.1, 0.15) is 12.4 Å². The number of aromatic nitrogens is 1. The maximum Gasteiger partial charge on any atom is 0.191 e. The minimum absolute atomic E-state index is 0.466. The number of ether oxygens (including phenoxy) is 1. The molecule has 5 nitrogen and oxygen atoms in total. The smallest absolute Gasteiger partial charge is 0.191 e. The zero-order valence-corrected chi connectivity index (χ0v) is 16.4. The molecule has 5 heteroatoms. The van der Waals surface area contributed by atoms with Gasteiger partial charge in [0.15, 0.2) is 5.96 Å². The highest BCUT2D eigenvalue weighted by molar-refractivity contribution is 5.79. The molecule has 0 amide bonds. The second kappa shape index (κ2) is 10.1. The van der Waals surface area contributed by atoms with Crippen molar-refractivity contribution in [1.29, 1.82) is 0 Å². The van der Waals surface area contributed by atoms with Crippen molar-refractivity contribution in [2.75, 3.05) is 7.05 Å². The predicted molar refractivity (Wildman–Crippen MR) is 113 cm³/mol. The Labute approximate surface area is 166 Å². The quantitative estimate of drug-likeness (QED) is 0.487. The van der Waals surface area contributed by atoms with E-state index in [0.29, 0.717) is 13.2 Å². The Kier molecular flexibility index (Phi) is 7.01. The van der Waals surface area contributed by atoms with Crippen LogP contribution in [0.25, 0.3) is 0 Å². The van der Waals surface area contributed by atoms with Gasteiger partial charge in [-0.3, -0.25) is 9.98 Å². The molecule has 0 unspecified atom stereocenters. The van der Waals surface area contributed by atoms with Crippen molar-refractivity contribution in [3.8, 4) is 5.75 Å². The van der Waals surface area contributed by atoms with Crippen LogP contribution in [0.4, 0.5) is 0 Å². The summed E-state index contributed by atoms with van der Waals surface area (Å²) < 4.78 is 5.77. The van der Waals surface area contributed by atoms with E-state index in [1.807, 2.05) is 42.5 Å². The molecule has 0 spiro atoms. The molecule has 1 aromatic heterocycles. The van der Waals surface area contributed by atoms with Gasteiger partial charge in [0.25, 0.3) is 0 Å². The normalized spacial score (nSPS) is 11.1. The maximum atomic E-state index is 5.77. The number of benzene rings is 2. The van der Waals surface area contributed by atoms with Crippen LogP contribution >= 0.6 is 0 Å². The van der Waals surface area contributed by atoms with E-state index >= 15 is 0 Å². The number of hydrogen-bond donors (Lipinski definition) is 2. The van der Waals surface area contributed by atoms with E-state index in [1.165, 1.54) is 11.1 Å². The van der Waals surface area contributed by atoms with Crippen LogP contribution in [0.15, 0.2) is 77.9 Å². The topological polar surface area (TPSA) is 58.5 Å². The zero-order valence-electron chi connectivity index (χ0n) is 16.4. The molecule has 0 fully saturated rings. The molecule has 3 rings (SSSR count). The van der Waals surface area contributed by atoms with E-state index < -0.39 is 0 Å². The highest BCUT2D eigenvalue weighted by Gasteiger charge is 2.01. The Morgan fingerprint density at radius 2 is 1.54 bits per heavy atom. The minimum Gasteiger partial charge on any atom is -0.487 e. The lowest BCUT2D eigenvalue weighted by Gasteiger charge is -2.12. The summed E-state index contributed by atoms with van der Waals surface area (Å²) in [5.41, 5.74) is 4.56. The van der Waals surface area contributed by atoms with E-state index in [0.717, 1.165) is 29.5 Å². The summed E-state index contributed by atoms with van der Waals surface area (Å²) in [7, 11) is 1.78. The number of pyridine rings is 1. The monoisotopic (exact) mass is 374 g/mol. The average molecular weight is 374 g/mol. The second-order valence-electron chi connectivity index (χ2n) is 6.52. The second-order valence-corrected chi connectivity index (χ2v) is 6.52. The van der Waals surface area contributed by atoms with E-state index in [1.54, 1.807) is 13.2 Å². The van der Waals surface area contributed by atoms with Crippen molar-refractivity contribution < 1.29 is 4.74 Å². The Balaban J connectivity index is 1.44. The van der Waals surface area contributed by atoms with Gasteiger partial charge in [-0.15, -0.1) is 0 Å². The SMILES string of the molecule is CN=C(NCc1ccc(C)cc1)NCc1ccc(OCc2ccccn2)cc1. The molecule has 0 saturated carbocycles. The first-order chi connectivity index (χ1) is 13.7. The van der Waals surface area contributed by atoms with Gasteiger partial charge in [0.2, 0.25) is 0 Å². The Morgan fingerprint density at radius 3 is 2.11 bits per heavy atom. The Bertz CT molecular complexity index is 875. The summed E-state index contributed by atoms with van der Waals surface area (Å²) in [6.07, 6.45) is 1.77. The van der Waals surface area contributed by atoms with Gasteiger partial charge < -0.3 is 15.4 Å². The van der Waals surface area contributed by atoms with Crippen molar-refractivity contribution in [2.45, 2.75) is 26.6 Å². The molecule has 0 aliphatic carbocycles. The number of rotatable bonds is 7. The maximum absolute atomic E-state index is 5.77. The first-order valence-electron chi connectivity index (χ1n) is 9.34. The molecule has 0 aliphatic heterocycles. The van der Waals surface area contributed by atoms with Gasteiger partial charge in [-0.1, -0.05) is 48.0 Å². The molecular formula is C23H26N4O. The van der Waals surface area contributed by atoms with E-state index in [-0.39, 0.29) is 0 Å². The van der Waals surface area contributed by atoms with Crippen LogP contribution in [0.1, 0.15) is 22.4 Å². The van der Waals surface area contributed by atoms with Crippen LogP contribution in [0, 0.1) is 6.92 Å². The molecule has 2 N–H and O–H groups in total. The van der Waals surface area contributed by atoms with Crippen molar-refractivity contribution in [2.24, 2.45) is 4.99 Å². The molecular weight excluding hydrogens is 348 g/mol. The van der Waals surface area contributed by atoms with Crippen LogP contribution in [0.3, 0.4) is 0 Å². The van der Waals surface area contributed by atoms with Crippen molar-refractivity contribution in [3.63, 3.8) is 0 Å². The largest absolute Gasteiger partial charge is 0.487 e. The minimum atomic E-state index is 0.466. The van der Waals surface area contributed by atoms with Crippen molar-refractivity contribution in [1.82, 2.24) is 15.6 Å². The highest BCUT2D eigenvalue weighted by Crippen LogP contribution is 2.13. The van der Waals surface area contributed by atoms with Gasteiger partial charge in [0.05, 0.1) is 5.69 Å². The van der Waals surface area contributed by atoms with Gasteiger partial charge in [-0.25, -0.2) is 0 Å².